The maximum atomic E-state index is 14.3. The van der Waals surface area contributed by atoms with E-state index in [4.69, 9.17) is 9.84 Å². The smallest absolute Gasteiger partial charge is 0.228 e. The number of nitrogens with zero attached hydrogens (tertiary/aromatic N) is 5. The number of amides is 1. The molecule has 0 unspecified atom stereocenters. The van der Waals surface area contributed by atoms with E-state index in [1.165, 1.54) is 0 Å². The van der Waals surface area contributed by atoms with Crippen LogP contribution in [0.5, 0.6) is 5.75 Å². The number of benzene rings is 1. The summed E-state index contributed by atoms with van der Waals surface area (Å²) in [5.41, 5.74) is 4.12. The van der Waals surface area contributed by atoms with Crippen LogP contribution in [0.4, 0.5) is 10.2 Å². The van der Waals surface area contributed by atoms with Gasteiger partial charge >= 0.3 is 0 Å². The fourth-order valence-electron chi connectivity index (χ4n) is 5.02. The normalized spacial score (nSPS) is 19.9. The van der Waals surface area contributed by atoms with Crippen LogP contribution in [-0.2, 0) is 11.8 Å². The Morgan fingerprint density at radius 3 is 2.74 bits per heavy atom. The molecule has 2 aliphatic rings. The quantitative estimate of drug-likeness (QED) is 0.429. The van der Waals surface area contributed by atoms with Crippen molar-refractivity contribution >= 4 is 22.6 Å². The zero-order chi connectivity index (χ0) is 24.1. The van der Waals surface area contributed by atoms with E-state index >= 15 is 0 Å². The van der Waals surface area contributed by atoms with Crippen molar-refractivity contribution in [3.05, 3.63) is 42.9 Å². The molecule has 0 spiro atoms. The highest BCUT2D eigenvalue weighted by atomic mass is 19.1. The van der Waals surface area contributed by atoms with Crippen LogP contribution in [0.15, 0.2) is 42.9 Å². The molecule has 6 rings (SSSR count). The third-order valence-corrected chi connectivity index (χ3v) is 7.06. The minimum Gasteiger partial charge on any atom is -0.495 e. The molecule has 0 bridgehead atoms. The number of aromatic nitrogens is 5. The number of para-hydroxylation sites is 1. The van der Waals surface area contributed by atoms with Crippen LogP contribution >= 0.6 is 0 Å². The number of aryl methyl sites for hydroxylation is 1. The number of alkyl halides is 1. The second-order valence-electron chi connectivity index (χ2n) is 9.43. The standard InChI is InChI=1S/C26H27FN6O2/c1-32-22-13-28-23(30-26(34)15-9-10-15)11-19(22)24(31-32)18-6-3-5-17(25(18)35-2)16-12-29-33(14-16)21-8-4-7-20(21)27/h3,5-6,11-15,20-21H,4,7-10H2,1-2H3,(H,28,30,34)/t20-,21-/m1/s1. The fourth-order valence-corrected chi connectivity index (χ4v) is 5.02. The summed E-state index contributed by atoms with van der Waals surface area (Å²) in [6, 6.07) is 7.54. The summed E-state index contributed by atoms with van der Waals surface area (Å²) in [4.78, 5) is 16.7. The van der Waals surface area contributed by atoms with Gasteiger partial charge in [-0.1, -0.05) is 12.1 Å². The zero-order valence-electron chi connectivity index (χ0n) is 19.7. The number of nitrogens with one attached hydrogen (secondary N) is 1. The van der Waals surface area contributed by atoms with E-state index in [1.807, 2.05) is 37.5 Å². The predicted molar refractivity (Wildman–Crippen MR) is 131 cm³/mol. The van der Waals surface area contributed by atoms with E-state index in [-0.39, 0.29) is 17.9 Å². The molecule has 0 saturated heterocycles. The lowest BCUT2D eigenvalue weighted by atomic mass is 10.0. The molecule has 1 amide bonds. The number of rotatable bonds is 6. The first-order valence-corrected chi connectivity index (χ1v) is 12.0. The van der Waals surface area contributed by atoms with E-state index in [1.54, 1.807) is 28.9 Å². The van der Waals surface area contributed by atoms with Crippen LogP contribution in [0.3, 0.4) is 0 Å². The Balaban J connectivity index is 1.41. The highest BCUT2D eigenvalue weighted by molar-refractivity contribution is 6.00. The number of halogens is 1. The van der Waals surface area contributed by atoms with Crippen molar-refractivity contribution in [3.8, 4) is 28.1 Å². The molecule has 2 atom stereocenters. The van der Waals surface area contributed by atoms with Gasteiger partial charge in [-0.2, -0.15) is 10.2 Å². The van der Waals surface area contributed by atoms with Crippen LogP contribution in [0.25, 0.3) is 33.3 Å². The molecule has 0 radical (unpaired) electrons. The second kappa shape index (κ2) is 8.48. The number of hydrogen-bond acceptors (Lipinski definition) is 5. The summed E-state index contributed by atoms with van der Waals surface area (Å²) in [7, 11) is 3.50. The molecule has 9 heteroatoms. The average molecular weight is 475 g/mol. The number of hydrogen-bond donors (Lipinski definition) is 1. The molecule has 1 aromatic carbocycles. The average Bonchev–Trinajstić information content (AvgIpc) is 3.31. The maximum absolute atomic E-state index is 14.3. The summed E-state index contributed by atoms with van der Waals surface area (Å²) >= 11 is 0. The van der Waals surface area contributed by atoms with Crippen molar-refractivity contribution in [2.75, 3.05) is 12.4 Å². The Morgan fingerprint density at radius 1 is 1.17 bits per heavy atom. The van der Waals surface area contributed by atoms with Crippen molar-refractivity contribution in [3.63, 3.8) is 0 Å². The van der Waals surface area contributed by atoms with E-state index in [0.717, 1.165) is 59.0 Å². The van der Waals surface area contributed by atoms with Gasteiger partial charge in [0.1, 0.15) is 23.4 Å². The first-order chi connectivity index (χ1) is 17.0. The molecule has 0 aliphatic heterocycles. The Labute approximate surface area is 202 Å². The van der Waals surface area contributed by atoms with Gasteiger partial charge in [-0.15, -0.1) is 0 Å². The number of carbonyl (C=O) groups excluding carboxylic acids is 1. The van der Waals surface area contributed by atoms with Gasteiger partial charge in [-0.05, 0) is 44.2 Å². The monoisotopic (exact) mass is 474 g/mol. The van der Waals surface area contributed by atoms with Gasteiger partial charge < -0.3 is 10.1 Å². The highest BCUT2D eigenvalue weighted by Crippen LogP contribution is 2.42. The summed E-state index contributed by atoms with van der Waals surface area (Å²) in [6.07, 6.45) is 8.65. The van der Waals surface area contributed by atoms with Gasteiger partial charge in [0.05, 0.1) is 31.1 Å². The molecule has 2 saturated carbocycles. The van der Waals surface area contributed by atoms with Gasteiger partial charge in [0, 0.05) is 41.2 Å². The Morgan fingerprint density at radius 2 is 2.00 bits per heavy atom. The molecule has 1 N–H and O–H groups in total. The molecular weight excluding hydrogens is 447 g/mol. The van der Waals surface area contributed by atoms with Crippen molar-refractivity contribution in [2.24, 2.45) is 13.0 Å². The number of methoxy groups -OCH3 is 1. The lowest BCUT2D eigenvalue weighted by Gasteiger charge is -2.13. The molecular formula is C26H27FN6O2. The third-order valence-electron chi connectivity index (χ3n) is 7.06. The first-order valence-electron chi connectivity index (χ1n) is 12.0. The van der Waals surface area contributed by atoms with Crippen molar-refractivity contribution in [1.82, 2.24) is 24.5 Å². The molecule has 180 valence electrons. The maximum Gasteiger partial charge on any atom is 0.228 e. The molecule has 8 nitrogen and oxygen atoms in total. The van der Waals surface area contributed by atoms with Crippen LogP contribution in [0.2, 0.25) is 0 Å². The SMILES string of the molecule is COc1c(-c2cnn([C@@H]3CCC[C@H]3F)c2)cccc1-c1nn(C)c2cnc(NC(=O)C3CC3)cc12. The molecule has 35 heavy (non-hydrogen) atoms. The van der Waals surface area contributed by atoms with Crippen LogP contribution in [0, 0.1) is 5.92 Å². The van der Waals surface area contributed by atoms with Gasteiger partial charge in [0.25, 0.3) is 0 Å². The minimum atomic E-state index is -0.862. The van der Waals surface area contributed by atoms with Crippen molar-refractivity contribution in [2.45, 2.75) is 44.3 Å². The van der Waals surface area contributed by atoms with Gasteiger partial charge in [0.15, 0.2) is 0 Å². The van der Waals surface area contributed by atoms with E-state index in [9.17, 15) is 9.18 Å². The number of ether oxygens (including phenoxy) is 1. The Bertz CT molecular complexity index is 1420. The summed E-state index contributed by atoms with van der Waals surface area (Å²) < 4.78 is 23.7. The lowest BCUT2D eigenvalue weighted by Crippen LogP contribution is -2.14. The van der Waals surface area contributed by atoms with Gasteiger partial charge in [0.2, 0.25) is 5.91 Å². The molecule has 3 aromatic heterocycles. The zero-order valence-corrected chi connectivity index (χ0v) is 19.7. The summed E-state index contributed by atoms with van der Waals surface area (Å²) in [5, 5.41) is 13.0. The predicted octanol–water partition coefficient (Wildman–Crippen LogP) is 4.92. The largest absolute Gasteiger partial charge is 0.495 e. The molecule has 2 aliphatic carbocycles. The molecule has 4 aromatic rings. The number of pyridine rings is 1. The van der Waals surface area contributed by atoms with Crippen molar-refractivity contribution < 1.29 is 13.9 Å². The Hall–Kier alpha value is -3.75. The Kier molecular flexibility index (Phi) is 5.27. The third kappa shape index (κ3) is 3.84. The van der Waals surface area contributed by atoms with E-state index in [2.05, 4.69) is 15.4 Å². The summed E-state index contributed by atoms with van der Waals surface area (Å²) in [5.74, 6) is 1.28. The topological polar surface area (TPSA) is 86.9 Å². The highest BCUT2D eigenvalue weighted by Gasteiger charge is 2.31. The molecule has 2 fully saturated rings. The van der Waals surface area contributed by atoms with Crippen LogP contribution < -0.4 is 10.1 Å². The van der Waals surface area contributed by atoms with E-state index in [0.29, 0.717) is 18.0 Å². The number of carbonyl (C=O) groups is 1. The number of fused-ring (bicyclic) bond motifs is 1. The first kappa shape index (κ1) is 21.8. The minimum absolute atomic E-state index is 0.0108. The van der Waals surface area contributed by atoms with Crippen molar-refractivity contribution in [1.29, 1.82) is 0 Å². The fraction of sp³-hybridized carbons (Fsp3) is 0.385. The lowest BCUT2D eigenvalue weighted by molar-refractivity contribution is -0.117. The van der Waals surface area contributed by atoms with E-state index < -0.39 is 6.17 Å². The van der Waals surface area contributed by atoms with Gasteiger partial charge in [-0.3, -0.25) is 14.2 Å². The van der Waals surface area contributed by atoms with Gasteiger partial charge in [-0.25, -0.2) is 9.37 Å². The summed E-state index contributed by atoms with van der Waals surface area (Å²) in [6.45, 7) is 0. The van der Waals surface area contributed by atoms with Crippen LogP contribution in [-0.4, -0.2) is 43.7 Å². The molecule has 3 heterocycles. The second-order valence-corrected chi connectivity index (χ2v) is 9.43. The number of anilines is 1. The van der Waals surface area contributed by atoms with Crippen LogP contribution in [0.1, 0.15) is 38.1 Å².